The normalized spacial score (nSPS) is 9.95. The maximum atomic E-state index is 8.61. The van der Waals surface area contributed by atoms with Crippen LogP contribution in [0.3, 0.4) is 0 Å². The lowest BCUT2D eigenvalue weighted by atomic mass is 10.1. The second kappa shape index (κ2) is 6.37. The van der Waals surface area contributed by atoms with Crippen LogP contribution in [-0.2, 0) is 6.42 Å². The highest BCUT2D eigenvalue weighted by molar-refractivity contribution is 6.35. The predicted molar refractivity (Wildman–Crippen MR) is 75.4 cm³/mol. The molecule has 0 amide bonds. The summed E-state index contributed by atoms with van der Waals surface area (Å²) < 4.78 is 0. The van der Waals surface area contributed by atoms with E-state index in [2.05, 4.69) is 15.3 Å². The molecule has 0 unspecified atom stereocenters. The first kappa shape index (κ1) is 13.6. The van der Waals surface area contributed by atoms with Gasteiger partial charge in [-0.2, -0.15) is 5.26 Å². The van der Waals surface area contributed by atoms with Crippen LogP contribution in [0.1, 0.15) is 11.3 Å². The number of nitrogens with zero attached hydrogens (tertiary/aromatic N) is 3. The molecule has 4 nitrogen and oxygen atoms in total. The summed E-state index contributed by atoms with van der Waals surface area (Å²) >= 11 is 11.9. The topological polar surface area (TPSA) is 61.6 Å². The van der Waals surface area contributed by atoms with Crippen molar-refractivity contribution in [2.75, 3.05) is 11.9 Å². The number of halogens is 2. The summed E-state index contributed by atoms with van der Waals surface area (Å²) in [6.07, 6.45) is 3.71. The SMILES string of the molecule is N#Cc1cnc(NCCc2ccc(Cl)cc2Cl)cn1. The van der Waals surface area contributed by atoms with E-state index >= 15 is 0 Å². The highest BCUT2D eigenvalue weighted by Gasteiger charge is 2.02. The summed E-state index contributed by atoms with van der Waals surface area (Å²) in [5.41, 5.74) is 1.31. The van der Waals surface area contributed by atoms with Gasteiger partial charge < -0.3 is 5.32 Å². The average Bonchev–Trinajstić information content (AvgIpc) is 2.42. The predicted octanol–water partition coefficient (Wildman–Crippen LogP) is 3.31. The third-order valence-electron chi connectivity index (χ3n) is 2.48. The van der Waals surface area contributed by atoms with Crippen LogP contribution in [-0.4, -0.2) is 16.5 Å². The van der Waals surface area contributed by atoms with E-state index in [0.29, 0.717) is 28.1 Å². The van der Waals surface area contributed by atoms with Crippen molar-refractivity contribution in [3.63, 3.8) is 0 Å². The van der Waals surface area contributed by atoms with Crippen molar-refractivity contribution in [3.05, 3.63) is 51.9 Å². The summed E-state index contributed by atoms with van der Waals surface area (Å²) in [4.78, 5) is 7.99. The van der Waals surface area contributed by atoms with Gasteiger partial charge in [-0.25, -0.2) is 9.97 Å². The van der Waals surface area contributed by atoms with Gasteiger partial charge in [0.15, 0.2) is 5.69 Å². The lowest BCUT2D eigenvalue weighted by molar-refractivity contribution is 0.997. The highest BCUT2D eigenvalue weighted by atomic mass is 35.5. The van der Waals surface area contributed by atoms with Crippen LogP contribution in [0, 0.1) is 11.3 Å². The van der Waals surface area contributed by atoms with Gasteiger partial charge in [0.05, 0.1) is 12.4 Å². The Bertz CT molecular complexity index is 605. The number of benzene rings is 1. The van der Waals surface area contributed by atoms with E-state index in [1.54, 1.807) is 6.07 Å². The van der Waals surface area contributed by atoms with Gasteiger partial charge in [-0.15, -0.1) is 0 Å². The van der Waals surface area contributed by atoms with Crippen molar-refractivity contribution in [1.82, 2.24) is 9.97 Å². The van der Waals surface area contributed by atoms with Gasteiger partial charge in [0, 0.05) is 16.6 Å². The fourth-order valence-corrected chi connectivity index (χ4v) is 2.03. The number of aromatic nitrogens is 2. The van der Waals surface area contributed by atoms with Crippen molar-refractivity contribution in [1.29, 1.82) is 5.26 Å². The molecule has 0 atom stereocenters. The standard InChI is InChI=1S/C13H10Cl2N4/c14-10-2-1-9(12(15)5-10)3-4-17-13-8-18-11(6-16)7-19-13/h1-2,5,7-8H,3-4H2,(H,17,19). The molecule has 0 aliphatic carbocycles. The molecule has 1 N–H and O–H groups in total. The molecular formula is C13H10Cl2N4. The number of nitrogens with one attached hydrogen (secondary N) is 1. The third kappa shape index (κ3) is 3.82. The first-order valence-electron chi connectivity index (χ1n) is 5.59. The van der Waals surface area contributed by atoms with Crippen LogP contribution in [0.5, 0.6) is 0 Å². The van der Waals surface area contributed by atoms with Crippen molar-refractivity contribution in [2.24, 2.45) is 0 Å². The van der Waals surface area contributed by atoms with Crippen LogP contribution in [0.15, 0.2) is 30.6 Å². The highest BCUT2D eigenvalue weighted by Crippen LogP contribution is 2.21. The Balaban J connectivity index is 1.91. The third-order valence-corrected chi connectivity index (χ3v) is 3.07. The monoisotopic (exact) mass is 292 g/mol. The Kier molecular flexibility index (Phi) is 4.56. The van der Waals surface area contributed by atoms with E-state index in [9.17, 15) is 0 Å². The van der Waals surface area contributed by atoms with Gasteiger partial charge >= 0.3 is 0 Å². The second-order valence-electron chi connectivity index (χ2n) is 3.81. The molecule has 0 saturated heterocycles. The molecule has 1 aromatic heterocycles. The smallest absolute Gasteiger partial charge is 0.158 e. The Morgan fingerprint density at radius 3 is 2.68 bits per heavy atom. The molecule has 0 radical (unpaired) electrons. The minimum Gasteiger partial charge on any atom is -0.368 e. The van der Waals surface area contributed by atoms with Crippen LogP contribution < -0.4 is 5.32 Å². The van der Waals surface area contributed by atoms with Gasteiger partial charge in [-0.3, -0.25) is 0 Å². The zero-order valence-electron chi connectivity index (χ0n) is 9.90. The summed E-state index contributed by atoms with van der Waals surface area (Å²) in [7, 11) is 0. The van der Waals surface area contributed by atoms with E-state index < -0.39 is 0 Å². The lowest BCUT2D eigenvalue weighted by Crippen LogP contribution is -2.07. The average molecular weight is 293 g/mol. The van der Waals surface area contributed by atoms with Crippen molar-refractivity contribution >= 4 is 29.0 Å². The molecule has 19 heavy (non-hydrogen) atoms. The number of nitriles is 1. The van der Waals surface area contributed by atoms with Crippen molar-refractivity contribution in [2.45, 2.75) is 6.42 Å². The Labute approximate surface area is 121 Å². The first-order chi connectivity index (χ1) is 9.19. The fraction of sp³-hybridized carbons (Fsp3) is 0.154. The van der Waals surface area contributed by atoms with E-state index in [1.807, 2.05) is 18.2 Å². The zero-order valence-corrected chi connectivity index (χ0v) is 11.4. The van der Waals surface area contributed by atoms with Crippen LogP contribution in [0.2, 0.25) is 10.0 Å². The number of hydrogen-bond acceptors (Lipinski definition) is 4. The maximum Gasteiger partial charge on any atom is 0.158 e. The number of anilines is 1. The largest absolute Gasteiger partial charge is 0.368 e. The van der Waals surface area contributed by atoms with Crippen LogP contribution in [0.4, 0.5) is 5.82 Å². The fourth-order valence-electron chi connectivity index (χ4n) is 1.53. The van der Waals surface area contributed by atoms with Crippen LogP contribution in [0.25, 0.3) is 0 Å². The summed E-state index contributed by atoms with van der Waals surface area (Å²) in [5, 5.41) is 13.0. The Morgan fingerprint density at radius 1 is 1.21 bits per heavy atom. The minimum absolute atomic E-state index is 0.297. The van der Waals surface area contributed by atoms with Gasteiger partial charge in [-0.05, 0) is 24.1 Å². The van der Waals surface area contributed by atoms with E-state index in [-0.39, 0.29) is 0 Å². The summed E-state index contributed by atoms with van der Waals surface area (Å²) in [6, 6.07) is 7.35. The Hall–Kier alpha value is -1.83. The summed E-state index contributed by atoms with van der Waals surface area (Å²) in [5.74, 6) is 0.629. The number of hydrogen-bond donors (Lipinski definition) is 1. The number of rotatable bonds is 4. The van der Waals surface area contributed by atoms with Crippen molar-refractivity contribution in [3.8, 4) is 6.07 Å². The first-order valence-corrected chi connectivity index (χ1v) is 6.34. The van der Waals surface area contributed by atoms with Gasteiger partial charge in [0.2, 0.25) is 0 Å². The summed E-state index contributed by atoms with van der Waals surface area (Å²) in [6.45, 7) is 0.669. The molecular weight excluding hydrogens is 283 g/mol. The van der Waals surface area contributed by atoms with Crippen molar-refractivity contribution < 1.29 is 0 Å². The minimum atomic E-state index is 0.297. The molecule has 1 heterocycles. The van der Waals surface area contributed by atoms with Gasteiger partial charge in [0.25, 0.3) is 0 Å². The van der Waals surface area contributed by atoms with Gasteiger partial charge in [0.1, 0.15) is 11.9 Å². The molecule has 0 spiro atoms. The second-order valence-corrected chi connectivity index (χ2v) is 4.65. The Morgan fingerprint density at radius 2 is 2.05 bits per heavy atom. The molecule has 96 valence electrons. The molecule has 2 aromatic rings. The van der Waals surface area contributed by atoms with E-state index in [4.69, 9.17) is 28.5 Å². The van der Waals surface area contributed by atoms with Crippen LogP contribution >= 0.6 is 23.2 Å². The molecule has 1 aromatic carbocycles. The molecule has 0 fully saturated rings. The zero-order chi connectivity index (χ0) is 13.7. The van der Waals surface area contributed by atoms with E-state index in [0.717, 1.165) is 12.0 Å². The lowest BCUT2D eigenvalue weighted by Gasteiger charge is -2.07. The van der Waals surface area contributed by atoms with E-state index in [1.165, 1.54) is 12.4 Å². The quantitative estimate of drug-likeness (QED) is 0.939. The van der Waals surface area contributed by atoms with Gasteiger partial charge in [-0.1, -0.05) is 29.3 Å². The maximum absolute atomic E-state index is 8.61. The molecule has 6 heteroatoms. The molecule has 2 rings (SSSR count). The molecule has 0 aliphatic rings. The molecule has 0 bridgehead atoms. The molecule has 0 aliphatic heterocycles. The molecule has 0 saturated carbocycles.